The average Bonchev–Trinajstić information content (AvgIpc) is 2.85. The van der Waals surface area contributed by atoms with Crippen LogP contribution in [0.25, 0.3) is 11.1 Å². The summed E-state index contributed by atoms with van der Waals surface area (Å²) in [6, 6.07) is 5.91. The number of nitrogens with zero attached hydrogens (tertiary/aromatic N) is 2. The summed E-state index contributed by atoms with van der Waals surface area (Å²) in [6.07, 6.45) is 2.17. The van der Waals surface area contributed by atoms with E-state index in [4.69, 9.17) is 5.73 Å². The molecular formula is C12H12N4O. The number of nitrogens with two attached hydrogens (primary N) is 1. The fourth-order valence-electron chi connectivity index (χ4n) is 2.14. The molecule has 0 atom stereocenters. The lowest BCUT2D eigenvalue weighted by Gasteiger charge is -2.11. The second kappa shape index (κ2) is 3.35. The Labute approximate surface area is 98.2 Å². The molecule has 0 radical (unpaired) electrons. The van der Waals surface area contributed by atoms with Gasteiger partial charge in [-0.05, 0) is 17.2 Å². The standard InChI is InChI=1S/C12H12N4O/c1-16-10-4-7(9-6-14-15-12(9)13)2-3-8(10)5-11(16)17/h2-4,6H,5H2,1H3,(H3,13,14,15). The van der Waals surface area contributed by atoms with Gasteiger partial charge in [0.05, 0.1) is 12.6 Å². The molecule has 17 heavy (non-hydrogen) atoms. The zero-order valence-corrected chi connectivity index (χ0v) is 9.40. The molecule has 5 heteroatoms. The summed E-state index contributed by atoms with van der Waals surface area (Å²) in [6.45, 7) is 0. The monoisotopic (exact) mass is 228 g/mol. The van der Waals surface area contributed by atoms with Gasteiger partial charge in [-0.25, -0.2) is 0 Å². The number of carbonyl (C=O) groups excluding carboxylic acids is 1. The SMILES string of the molecule is CN1C(=O)Cc2ccc(-c3cn[nH]c3N)cc21. The lowest BCUT2D eigenvalue weighted by molar-refractivity contribution is -0.117. The second-order valence-electron chi connectivity index (χ2n) is 4.17. The van der Waals surface area contributed by atoms with E-state index in [1.54, 1.807) is 18.1 Å². The van der Waals surface area contributed by atoms with E-state index < -0.39 is 0 Å². The number of benzene rings is 1. The Morgan fingerprint density at radius 3 is 3.00 bits per heavy atom. The zero-order chi connectivity index (χ0) is 12.0. The zero-order valence-electron chi connectivity index (χ0n) is 9.40. The van der Waals surface area contributed by atoms with Crippen molar-refractivity contribution in [1.29, 1.82) is 0 Å². The van der Waals surface area contributed by atoms with Gasteiger partial charge < -0.3 is 10.6 Å². The predicted molar refractivity (Wildman–Crippen MR) is 65.6 cm³/mol. The van der Waals surface area contributed by atoms with E-state index in [9.17, 15) is 4.79 Å². The van der Waals surface area contributed by atoms with Crippen LogP contribution in [0.5, 0.6) is 0 Å². The number of hydrogen-bond donors (Lipinski definition) is 2. The van der Waals surface area contributed by atoms with E-state index in [0.29, 0.717) is 12.2 Å². The van der Waals surface area contributed by atoms with Crippen molar-refractivity contribution in [1.82, 2.24) is 10.2 Å². The van der Waals surface area contributed by atoms with Crippen molar-refractivity contribution >= 4 is 17.4 Å². The highest BCUT2D eigenvalue weighted by molar-refractivity contribution is 6.01. The molecule has 1 aliphatic rings. The number of aromatic nitrogens is 2. The first-order valence-electron chi connectivity index (χ1n) is 5.35. The molecule has 0 saturated heterocycles. The maximum absolute atomic E-state index is 11.6. The minimum atomic E-state index is 0.123. The third-order valence-corrected chi connectivity index (χ3v) is 3.14. The highest BCUT2D eigenvalue weighted by Gasteiger charge is 2.24. The summed E-state index contributed by atoms with van der Waals surface area (Å²) in [5.74, 6) is 0.661. The normalized spacial score (nSPS) is 14.2. The van der Waals surface area contributed by atoms with Crippen molar-refractivity contribution < 1.29 is 4.79 Å². The number of anilines is 2. The lowest BCUT2D eigenvalue weighted by atomic mass is 10.0. The molecular weight excluding hydrogens is 216 g/mol. The molecule has 86 valence electrons. The van der Waals surface area contributed by atoms with Crippen molar-refractivity contribution in [3.05, 3.63) is 30.0 Å². The number of hydrogen-bond acceptors (Lipinski definition) is 3. The van der Waals surface area contributed by atoms with Gasteiger partial charge >= 0.3 is 0 Å². The quantitative estimate of drug-likeness (QED) is 0.769. The molecule has 3 rings (SSSR count). The second-order valence-corrected chi connectivity index (χ2v) is 4.17. The first-order chi connectivity index (χ1) is 8.16. The largest absolute Gasteiger partial charge is 0.384 e. The van der Waals surface area contributed by atoms with Gasteiger partial charge in [-0.3, -0.25) is 9.89 Å². The molecule has 1 amide bonds. The number of amides is 1. The first-order valence-corrected chi connectivity index (χ1v) is 5.35. The van der Waals surface area contributed by atoms with Gasteiger partial charge in [-0.2, -0.15) is 5.10 Å². The Hall–Kier alpha value is -2.30. The minimum absolute atomic E-state index is 0.123. The Balaban J connectivity index is 2.12. The van der Waals surface area contributed by atoms with Crippen LogP contribution in [0.1, 0.15) is 5.56 Å². The van der Waals surface area contributed by atoms with E-state index in [1.165, 1.54) is 0 Å². The van der Waals surface area contributed by atoms with Gasteiger partial charge in [0.2, 0.25) is 5.91 Å². The summed E-state index contributed by atoms with van der Waals surface area (Å²) in [4.78, 5) is 13.3. The Morgan fingerprint density at radius 1 is 1.47 bits per heavy atom. The summed E-state index contributed by atoms with van der Waals surface area (Å²) in [5, 5.41) is 6.60. The highest BCUT2D eigenvalue weighted by Crippen LogP contribution is 2.33. The van der Waals surface area contributed by atoms with Crippen LogP contribution in [0, 0.1) is 0 Å². The first kappa shape index (κ1) is 9.89. The number of likely N-dealkylation sites (N-methyl/N-ethyl adjacent to an activating group) is 1. The molecule has 0 saturated carbocycles. The number of nitrogens with one attached hydrogen (secondary N) is 1. The Bertz CT molecular complexity index is 602. The van der Waals surface area contributed by atoms with Crippen LogP contribution >= 0.6 is 0 Å². The van der Waals surface area contributed by atoms with E-state index >= 15 is 0 Å². The van der Waals surface area contributed by atoms with Crippen LogP contribution in [-0.2, 0) is 11.2 Å². The van der Waals surface area contributed by atoms with Crippen molar-refractivity contribution in [2.75, 3.05) is 17.7 Å². The van der Waals surface area contributed by atoms with Gasteiger partial charge in [-0.15, -0.1) is 0 Å². The van der Waals surface area contributed by atoms with Gasteiger partial charge in [0.15, 0.2) is 0 Å². The van der Waals surface area contributed by atoms with Gasteiger partial charge in [0.25, 0.3) is 0 Å². The maximum Gasteiger partial charge on any atom is 0.231 e. The smallest absolute Gasteiger partial charge is 0.231 e. The molecule has 0 fully saturated rings. The summed E-state index contributed by atoms with van der Waals surface area (Å²) in [7, 11) is 1.79. The Kier molecular flexibility index (Phi) is 1.95. The number of nitrogen functional groups attached to an aromatic ring is 1. The molecule has 1 aromatic carbocycles. The predicted octanol–water partition coefficient (Wildman–Crippen LogP) is 1.18. The van der Waals surface area contributed by atoms with Gasteiger partial charge in [-0.1, -0.05) is 12.1 Å². The molecule has 0 aliphatic carbocycles. The van der Waals surface area contributed by atoms with Crippen LogP contribution in [0.3, 0.4) is 0 Å². The maximum atomic E-state index is 11.6. The van der Waals surface area contributed by atoms with E-state index in [0.717, 1.165) is 22.4 Å². The molecule has 1 aromatic heterocycles. The molecule has 3 N–H and O–H groups in total. The molecule has 5 nitrogen and oxygen atoms in total. The highest BCUT2D eigenvalue weighted by atomic mass is 16.2. The fraction of sp³-hybridized carbons (Fsp3) is 0.167. The third kappa shape index (κ3) is 1.39. The Morgan fingerprint density at radius 2 is 2.29 bits per heavy atom. The van der Waals surface area contributed by atoms with Crippen molar-refractivity contribution in [2.24, 2.45) is 0 Å². The molecule has 0 unspecified atom stereocenters. The third-order valence-electron chi connectivity index (χ3n) is 3.14. The van der Waals surface area contributed by atoms with Crippen LogP contribution in [0.2, 0.25) is 0 Å². The van der Waals surface area contributed by atoms with Gasteiger partial charge in [0, 0.05) is 18.3 Å². The van der Waals surface area contributed by atoms with E-state index in [1.807, 2.05) is 18.2 Å². The molecule has 1 aliphatic heterocycles. The minimum Gasteiger partial charge on any atom is -0.384 e. The number of H-pyrrole nitrogens is 1. The van der Waals surface area contributed by atoms with Gasteiger partial charge in [0.1, 0.15) is 5.82 Å². The van der Waals surface area contributed by atoms with E-state index in [2.05, 4.69) is 10.2 Å². The summed E-state index contributed by atoms with van der Waals surface area (Å²) < 4.78 is 0. The number of rotatable bonds is 1. The van der Waals surface area contributed by atoms with Crippen LogP contribution in [0.4, 0.5) is 11.5 Å². The fourth-order valence-corrected chi connectivity index (χ4v) is 2.14. The summed E-state index contributed by atoms with van der Waals surface area (Å²) in [5.41, 5.74) is 9.62. The lowest BCUT2D eigenvalue weighted by Crippen LogP contribution is -2.20. The molecule has 2 heterocycles. The number of carbonyl (C=O) groups is 1. The van der Waals surface area contributed by atoms with Crippen LogP contribution < -0.4 is 10.6 Å². The van der Waals surface area contributed by atoms with Crippen molar-refractivity contribution in [3.63, 3.8) is 0 Å². The topological polar surface area (TPSA) is 75.0 Å². The molecule has 0 bridgehead atoms. The number of aromatic amines is 1. The van der Waals surface area contributed by atoms with Crippen molar-refractivity contribution in [2.45, 2.75) is 6.42 Å². The van der Waals surface area contributed by atoms with Crippen LogP contribution in [-0.4, -0.2) is 23.2 Å². The van der Waals surface area contributed by atoms with E-state index in [-0.39, 0.29) is 5.91 Å². The van der Waals surface area contributed by atoms with Crippen LogP contribution in [0.15, 0.2) is 24.4 Å². The van der Waals surface area contributed by atoms with Crippen molar-refractivity contribution in [3.8, 4) is 11.1 Å². The molecule has 2 aromatic rings. The average molecular weight is 228 g/mol. The summed E-state index contributed by atoms with van der Waals surface area (Å²) >= 11 is 0. The number of fused-ring (bicyclic) bond motifs is 1. The molecule has 0 spiro atoms.